The standard InChI is InChI=1S/C19H18N6O2S/c1-2-27-18(26)14-7-5-13(6-8-14)12-28-19-22-17(21-16-9-10-20-23-16)15-4-3-11-25(15)24-19/h3-11H,2,12H2,1H3,(H2,20,21,22,23,24). The van der Waals surface area contributed by atoms with Crippen LogP contribution in [-0.4, -0.2) is 37.4 Å². The highest BCUT2D eigenvalue weighted by Crippen LogP contribution is 2.24. The third-order valence-electron chi connectivity index (χ3n) is 3.96. The van der Waals surface area contributed by atoms with Crippen molar-refractivity contribution in [2.24, 2.45) is 0 Å². The topological polar surface area (TPSA) is 97.2 Å². The van der Waals surface area contributed by atoms with E-state index in [2.05, 4.69) is 25.6 Å². The van der Waals surface area contributed by atoms with Crippen molar-refractivity contribution in [2.45, 2.75) is 17.8 Å². The Kier molecular flexibility index (Phi) is 5.24. The number of aromatic amines is 1. The number of H-pyrrole nitrogens is 1. The van der Waals surface area contributed by atoms with Gasteiger partial charge in [0.1, 0.15) is 11.3 Å². The molecule has 0 saturated heterocycles. The van der Waals surface area contributed by atoms with Crippen molar-refractivity contribution >= 4 is 34.9 Å². The fraction of sp³-hybridized carbons (Fsp3) is 0.158. The van der Waals surface area contributed by atoms with Gasteiger partial charge in [-0.3, -0.25) is 5.10 Å². The molecule has 9 heteroatoms. The lowest BCUT2D eigenvalue weighted by Gasteiger charge is -2.08. The molecule has 0 aliphatic carbocycles. The highest BCUT2D eigenvalue weighted by molar-refractivity contribution is 7.98. The van der Waals surface area contributed by atoms with Crippen LogP contribution in [0.25, 0.3) is 5.52 Å². The lowest BCUT2D eigenvalue weighted by Crippen LogP contribution is -2.04. The molecule has 0 unspecified atom stereocenters. The molecule has 28 heavy (non-hydrogen) atoms. The van der Waals surface area contributed by atoms with Crippen LogP contribution in [0.5, 0.6) is 0 Å². The maximum absolute atomic E-state index is 11.7. The van der Waals surface area contributed by atoms with Gasteiger partial charge >= 0.3 is 5.97 Å². The van der Waals surface area contributed by atoms with Crippen LogP contribution in [0.1, 0.15) is 22.8 Å². The van der Waals surface area contributed by atoms with Crippen molar-refractivity contribution in [3.63, 3.8) is 0 Å². The summed E-state index contributed by atoms with van der Waals surface area (Å²) in [5.74, 6) is 1.83. The molecule has 0 aliphatic rings. The first-order valence-electron chi connectivity index (χ1n) is 8.73. The Bertz CT molecular complexity index is 1080. The fourth-order valence-electron chi connectivity index (χ4n) is 2.62. The molecule has 2 N–H and O–H groups in total. The number of thioether (sulfide) groups is 1. The Morgan fingerprint density at radius 1 is 1.25 bits per heavy atom. The predicted molar refractivity (Wildman–Crippen MR) is 107 cm³/mol. The second-order valence-corrected chi connectivity index (χ2v) is 6.82. The maximum atomic E-state index is 11.7. The summed E-state index contributed by atoms with van der Waals surface area (Å²) < 4.78 is 6.80. The van der Waals surface area contributed by atoms with E-state index in [-0.39, 0.29) is 5.97 Å². The van der Waals surface area contributed by atoms with Crippen LogP contribution in [0.3, 0.4) is 0 Å². The van der Waals surface area contributed by atoms with Gasteiger partial charge in [-0.2, -0.15) is 5.10 Å². The summed E-state index contributed by atoms with van der Waals surface area (Å²) in [6.45, 7) is 2.16. The fourth-order valence-corrected chi connectivity index (χ4v) is 3.41. The molecule has 0 amide bonds. The number of carbonyl (C=O) groups is 1. The van der Waals surface area contributed by atoms with Gasteiger partial charge in [-0.05, 0) is 36.8 Å². The number of aromatic nitrogens is 5. The van der Waals surface area contributed by atoms with Crippen molar-refractivity contribution in [3.05, 3.63) is 66.0 Å². The van der Waals surface area contributed by atoms with E-state index in [9.17, 15) is 4.79 Å². The minimum atomic E-state index is -0.308. The number of hydrogen-bond donors (Lipinski definition) is 2. The van der Waals surface area contributed by atoms with Crippen LogP contribution in [0.2, 0.25) is 0 Å². The Balaban J connectivity index is 1.49. The van der Waals surface area contributed by atoms with Gasteiger partial charge in [0.2, 0.25) is 5.16 Å². The van der Waals surface area contributed by atoms with Crippen molar-refractivity contribution in [2.75, 3.05) is 11.9 Å². The SMILES string of the molecule is CCOC(=O)c1ccc(CSc2nc(Nc3ccn[nH]3)c3cccn3n2)cc1. The molecule has 0 aliphatic heterocycles. The maximum Gasteiger partial charge on any atom is 0.338 e. The lowest BCUT2D eigenvalue weighted by atomic mass is 10.1. The molecule has 0 bridgehead atoms. The normalized spacial score (nSPS) is 10.9. The molecule has 0 radical (unpaired) electrons. The van der Waals surface area contributed by atoms with Gasteiger partial charge in [0.25, 0.3) is 0 Å². The zero-order valence-corrected chi connectivity index (χ0v) is 15.9. The summed E-state index contributed by atoms with van der Waals surface area (Å²) in [4.78, 5) is 16.4. The zero-order valence-electron chi connectivity index (χ0n) is 15.1. The van der Waals surface area contributed by atoms with Crippen LogP contribution < -0.4 is 5.32 Å². The van der Waals surface area contributed by atoms with E-state index in [0.717, 1.165) is 16.9 Å². The summed E-state index contributed by atoms with van der Waals surface area (Å²) in [5, 5.41) is 15.2. The van der Waals surface area contributed by atoms with Gasteiger partial charge in [-0.1, -0.05) is 23.9 Å². The second kappa shape index (κ2) is 8.13. The molecule has 0 spiro atoms. The molecule has 3 heterocycles. The molecule has 0 atom stereocenters. The van der Waals surface area contributed by atoms with Gasteiger partial charge in [-0.25, -0.2) is 14.3 Å². The van der Waals surface area contributed by atoms with Crippen LogP contribution in [0.4, 0.5) is 11.6 Å². The van der Waals surface area contributed by atoms with Crippen LogP contribution in [0.15, 0.2) is 60.0 Å². The van der Waals surface area contributed by atoms with E-state index in [1.54, 1.807) is 29.8 Å². The highest BCUT2D eigenvalue weighted by atomic mass is 32.2. The smallest absolute Gasteiger partial charge is 0.338 e. The average Bonchev–Trinajstić information content (AvgIpc) is 3.39. The number of nitrogens with one attached hydrogen (secondary N) is 2. The molecule has 1 aromatic carbocycles. The number of nitrogens with zero attached hydrogens (tertiary/aromatic N) is 4. The molecular formula is C19H18N6O2S. The Morgan fingerprint density at radius 2 is 2.11 bits per heavy atom. The van der Waals surface area contributed by atoms with Crippen molar-refractivity contribution in [1.82, 2.24) is 24.8 Å². The Hall–Kier alpha value is -3.33. The molecule has 0 saturated carbocycles. The largest absolute Gasteiger partial charge is 0.462 e. The average molecular weight is 394 g/mol. The minimum absolute atomic E-state index is 0.308. The highest BCUT2D eigenvalue weighted by Gasteiger charge is 2.10. The van der Waals surface area contributed by atoms with Crippen LogP contribution in [-0.2, 0) is 10.5 Å². The van der Waals surface area contributed by atoms with Crippen molar-refractivity contribution in [1.29, 1.82) is 0 Å². The number of benzene rings is 1. The Labute approximate surface area is 165 Å². The van der Waals surface area contributed by atoms with Gasteiger partial charge in [-0.15, -0.1) is 5.10 Å². The van der Waals surface area contributed by atoms with Crippen LogP contribution >= 0.6 is 11.8 Å². The third kappa shape index (κ3) is 3.99. The number of esters is 1. The van der Waals surface area contributed by atoms with E-state index in [4.69, 9.17) is 4.74 Å². The summed E-state index contributed by atoms with van der Waals surface area (Å²) in [5.41, 5.74) is 2.49. The molecule has 142 valence electrons. The van der Waals surface area contributed by atoms with E-state index in [0.29, 0.717) is 28.9 Å². The molecule has 8 nitrogen and oxygen atoms in total. The molecule has 0 fully saturated rings. The molecular weight excluding hydrogens is 376 g/mol. The van der Waals surface area contributed by atoms with E-state index in [1.165, 1.54) is 11.8 Å². The number of fused-ring (bicyclic) bond motifs is 1. The minimum Gasteiger partial charge on any atom is -0.462 e. The van der Waals surface area contributed by atoms with Gasteiger partial charge in [0.15, 0.2) is 5.82 Å². The number of anilines is 2. The molecule has 4 aromatic rings. The lowest BCUT2D eigenvalue weighted by molar-refractivity contribution is 0.0526. The second-order valence-electron chi connectivity index (χ2n) is 5.88. The predicted octanol–water partition coefficient (Wildman–Crippen LogP) is 3.67. The van der Waals surface area contributed by atoms with E-state index >= 15 is 0 Å². The number of carbonyl (C=O) groups excluding carboxylic acids is 1. The summed E-state index contributed by atoms with van der Waals surface area (Å²) in [6, 6.07) is 13.1. The van der Waals surface area contributed by atoms with E-state index < -0.39 is 0 Å². The summed E-state index contributed by atoms with van der Waals surface area (Å²) >= 11 is 1.52. The first-order chi connectivity index (χ1) is 13.7. The van der Waals surface area contributed by atoms with Gasteiger partial charge < -0.3 is 10.1 Å². The van der Waals surface area contributed by atoms with Crippen molar-refractivity contribution in [3.8, 4) is 0 Å². The Morgan fingerprint density at radius 3 is 2.86 bits per heavy atom. The van der Waals surface area contributed by atoms with Gasteiger partial charge in [0, 0.05) is 18.0 Å². The first-order valence-corrected chi connectivity index (χ1v) is 9.72. The summed E-state index contributed by atoms with van der Waals surface area (Å²) in [7, 11) is 0. The quantitative estimate of drug-likeness (QED) is 0.365. The monoisotopic (exact) mass is 394 g/mol. The van der Waals surface area contributed by atoms with Crippen LogP contribution in [0, 0.1) is 0 Å². The third-order valence-corrected chi connectivity index (χ3v) is 4.87. The molecule has 3 aromatic heterocycles. The number of rotatable bonds is 7. The van der Waals surface area contributed by atoms with E-state index in [1.807, 2.05) is 36.5 Å². The molecule has 4 rings (SSSR count). The van der Waals surface area contributed by atoms with Gasteiger partial charge in [0.05, 0.1) is 18.4 Å². The first kappa shape index (κ1) is 18.1. The zero-order chi connectivity index (χ0) is 19.3. The van der Waals surface area contributed by atoms with Crippen molar-refractivity contribution < 1.29 is 9.53 Å². The number of hydrogen-bond acceptors (Lipinski definition) is 7. The number of ether oxygens (including phenoxy) is 1. The summed E-state index contributed by atoms with van der Waals surface area (Å²) in [6.07, 6.45) is 3.56.